The molecule has 7 heteroatoms. The number of nitrogens with zero attached hydrogens (tertiary/aromatic N) is 1. The van der Waals surface area contributed by atoms with Gasteiger partial charge in [0, 0.05) is 31.7 Å². The summed E-state index contributed by atoms with van der Waals surface area (Å²) in [7, 11) is 0. The van der Waals surface area contributed by atoms with E-state index in [2.05, 4.69) is 0 Å². The van der Waals surface area contributed by atoms with Gasteiger partial charge in [0.1, 0.15) is 5.78 Å². The number of rotatable bonds is 12. The molecule has 0 N–H and O–H groups in total. The number of ether oxygens (including phenoxy) is 2. The predicted molar refractivity (Wildman–Crippen MR) is 90.3 cm³/mol. The SMILES string of the molecule is CCC(=O)C1CCN(C(=O)CCOCCOCCOSC)CC1. The Hall–Kier alpha value is -0.630. The molecule has 1 saturated heterocycles. The number of likely N-dealkylation sites (tertiary alicyclic amines) is 1. The molecule has 1 aliphatic heterocycles. The van der Waals surface area contributed by atoms with Crippen LogP contribution >= 0.6 is 12.0 Å². The van der Waals surface area contributed by atoms with Gasteiger partial charge in [0.2, 0.25) is 5.91 Å². The van der Waals surface area contributed by atoms with Crippen molar-refractivity contribution in [3.8, 4) is 0 Å². The molecule has 1 rings (SSSR count). The minimum absolute atomic E-state index is 0.113. The molecule has 0 aromatic carbocycles. The smallest absolute Gasteiger partial charge is 0.224 e. The second-order valence-corrected chi connectivity index (χ2v) is 6.01. The molecule has 23 heavy (non-hydrogen) atoms. The highest BCUT2D eigenvalue weighted by Gasteiger charge is 2.25. The number of hydrogen-bond donors (Lipinski definition) is 0. The lowest BCUT2D eigenvalue weighted by Crippen LogP contribution is -2.40. The Kier molecular flexibility index (Phi) is 11.3. The van der Waals surface area contributed by atoms with Crippen molar-refractivity contribution in [2.24, 2.45) is 5.92 Å². The quantitative estimate of drug-likeness (QED) is 0.397. The van der Waals surface area contributed by atoms with Gasteiger partial charge in [-0.2, -0.15) is 0 Å². The molecule has 0 atom stereocenters. The van der Waals surface area contributed by atoms with Crippen LogP contribution in [0.25, 0.3) is 0 Å². The van der Waals surface area contributed by atoms with E-state index >= 15 is 0 Å². The van der Waals surface area contributed by atoms with E-state index in [1.54, 1.807) is 0 Å². The zero-order valence-electron chi connectivity index (χ0n) is 14.3. The number of piperidine rings is 1. The minimum Gasteiger partial charge on any atom is -0.379 e. The highest BCUT2D eigenvalue weighted by molar-refractivity contribution is 7.93. The van der Waals surface area contributed by atoms with Crippen LogP contribution in [0, 0.1) is 5.92 Å². The number of carbonyl (C=O) groups excluding carboxylic acids is 2. The highest BCUT2D eigenvalue weighted by Crippen LogP contribution is 2.19. The van der Waals surface area contributed by atoms with Gasteiger partial charge in [0.25, 0.3) is 0 Å². The third kappa shape index (κ3) is 8.69. The van der Waals surface area contributed by atoms with Crippen LogP contribution in [0.3, 0.4) is 0 Å². The maximum Gasteiger partial charge on any atom is 0.224 e. The molecule has 0 saturated carbocycles. The van der Waals surface area contributed by atoms with Crippen molar-refractivity contribution < 1.29 is 23.2 Å². The zero-order chi connectivity index (χ0) is 16.9. The molecule has 0 bridgehead atoms. The van der Waals surface area contributed by atoms with Gasteiger partial charge < -0.3 is 18.6 Å². The predicted octanol–water partition coefficient (Wildman–Crippen LogP) is 1.92. The first kappa shape index (κ1) is 20.4. The van der Waals surface area contributed by atoms with Crippen LogP contribution < -0.4 is 0 Å². The van der Waals surface area contributed by atoms with Crippen molar-refractivity contribution in [1.29, 1.82) is 0 Å². The molecule has 1 fully saturated rings. The number of amides is 1. The lowest BCUT2D eigenvalue weighted by atomic mass is 9.91. The first-order valence-electron chi connectivity index (χ1n) is 8.30. The fraction of sp³-hybridized carbons (Fsp3) is 0.875. The molecule has 6 nitrogen and oxygen atoms in total. The summed E-state index contributed by atoms with van der Waals surface area (Å²) in [5.41, 5.74) is 0. The Labute approximate surface area is 143 Å². The summed E-state index contributed by atoms with van der Waals surface area (Å²) in [4.78, 5) is 25.6. The molecule has 0 radical (unpaired) electrons. The molecule has 0 aromatic rings. The van der Waals surface area contributed by atoms with Gasteiger partial charge in [-0.25, -0.2) is 0 Å². The first-order chi connectivity index (χ1) is 11.2. The third-order valence-corrected chi connectivity index (χ3v) is 4.31. The maximum absolute atomic E-state index is 12.1. The summed E-state index contributed by atoms with van der Waals surface area (Å²) in [6.45, 7) is 5.80. The van der Waals surface area contributed by atoms with E-state index in [9.17, 15) is 9.59 Å². The molecule has 1 amide bonds. The van der Waals surface area contributed by atoms with Crippen LogP contribution in [0.2, 0.25) is 0 Å². The van der Waals surface area contributed by atoms with Gasteiger partial charge in [-0.05, 0) is 24.9 Å². The standard InChI is InChI=1S/C16H29NO5S/c1-3-15(18)14-4-7-17(8-5-14)16(19)6-9-20-10-11-21-12-13-22-23-2/h14H,3-13H2,1-2H3. The van der Waals surface area contributed by atoms with Gasteiger partial charge >= 0.3 is 0 Å². The highest BCUT2D eigenvalue weighted by atomic mass is 32.2. The summed E-state index contributed by atoms with van der Waals surface area (Å²) in [6.07, 6.45) is 4.45. The second-order valence-electron chi connectivity index (χ2n) is 5.44. The first-order valence-corrected chi connectivity index (χ1v) is 9.45. The molecule has 134 valence electrons. The van der Waals surface area contributed by atoms with Crippen molar-refractivity contribution in [2.45, 2.75) is 32.6 Å². The Bertz CT molecular complexity index is 345. The fourth-order valence-corrected chi connectivity index (χ4v) is 2.79. The maximum atomic E-state index is 12.1. The van der Waals surface area contributed by atoms with Gasteiger partial charge in [0.05, 0.1) is 39.5 Å². The van der Waals surface area contributed by atoms with Crippen molar-refractivity contribution >= 4 is 23.7 Å². The minimum atomic E-state index is 0.113. The van der Waals surface area contributed by atoms with Crippen molar-refractivity contribution in [3.05, 3.63) is 0 Å². The van der Waals surface area contributed by atoms with Gasteiger partial charge in [-0.1, -0.05) is 6.92 Å². The van der Waals surface area contributed by atoms with Crippen LogP contribution in [0.15, 0.2) is 0 Å². The number of Topliss-reactive ketones (excluding diaryl/α,β-unsaturated/α-hetero) is 1. The van der Waals surface area contributed by atoms with E-state index < -0.39 is 0 Å². The Balaban J connectivity index is 1.99. The Morgan fingerprint density at radius 2 is 1.65 bits per heavy atom. The van der Waals surface area contributed by atoms with Crippen molar-refractivity contribution in [3.63, 3.8) is 0 Å². The van der Waals surface area contributed by atoms with Crippen LogP contribution in [0.1, 0.15) is 32.6 Å². The molecule has 0 aromatic heterocycles. The summed E-state index contributed by atoms with van der Waals surface area (Å²) in [5.74, 6) is 0.581. The van der Waals surface area contributed by atoms with Gasteiger partial charge in [-0.3, -0.25) is 9.59 Å². The van der Waals surface area contributed by atoms with E-state index in [1.165, 1.54) is 12.0 Å². The fourth-order valence-electron chi connectivity index (χ4n) is 2.56. The lowest BCUT2D eigenvalue weighted by molar-refractivity contribution is -0.136. The van der Waals surface area contributed by atoms with E-state index in [0.717, 1.165) is 12.8 Å². The zero-order valence-corrected chi connectivity index (χ0v) is 15.1. The Morgan fingerprint density at radius 1 is 1.04 bits per heavy atom. The van der Waals surface area contributed by atoms with Crippen molar-refractivity contribution in [1.82, 2.24) is 4.90 Å². The topological polar surface area (TPSA) is 65.1 Å². The van der Waals surface area contributed by atoms with E-state index in [1.807, 2.05) is 18.1 Å². The lowest BCUT2D eigenvalue weighted by Gasteiger charge is -2.31. The molecule has 1 aliphatic rings. The van der Waals surface area contributed by atoms with E-state index in [0.29, 0.717) is 64.7 Å². The number of carbonyl (C=O) groups is 2. The monoisotopic (exact) mass is 347 g/mol. The summed E-state index contributed by atoms with van der Waals surface area (Å²) < 4.78 is 15.8. The Morgan fingerprint density at radius 3 is 2.26 bits per heavy atom. The van der Waals surface area contributed by atoms with E-state index in [-0.39, 0.29) is 11.8 Å². The summed E-state index contributed by atoms with van der Waals surface area (Å²) >= 11 is 1.32. The average molecular weight is 347 g/mol. The van der Waals surface area contributed by atoms with Gasteiger partial charge in [0.15, 0.2) is 0 Å². The van der Waals surface area contributed by atoms with Crippen LogP contribution in [-0.2, 0) is 23.2 Å². The second kappa shape index (κ2) is 12.8. The average Bonchev–Trinajstić information content (AvgIpc) is 2.59. The van der Waals surface area contributed by atoms with Crippen LogP contribution in [0.4, 0.5) is 0 Å². The molecule has 0 spiro atoms. The summed E-state index contributed by atoms with van der Waals surface area (Å²) in [5, 5.41) is 0. The molecule has 0 aliphatic carbocycles. The number of ketones is 1. The summed E-state index contributed by atoms with van der Waals surface area (Å²) in [6, 6.07) is 0. The normalized spacial score (nSPS) is 15.8. The molecular formula is C16H29NO5S. The van der Waals surface area contributed by atoms with Crippen LogP contribution in [0.5, 0.6) is 0 Å². The largest absolute Gasteiger partial charge is 0.379 e. The molecular weight excluding hydrogens is 318 g/mol. The van der Waals surface area contributed by atoms with Gasteiger partial charge in [-0.15, -0.1) is 0 Å². The molecule has 0 unspecified atom stereocenters. The van der Waals surface area contributed by atoms with Crippen molar-refractivity contribution in [2.75, 3.05) is 52.4 Å². The number of hydrogen-bond acceptors (Lipinski definition) is 6. The van der Waals surface area contributed by atoms with E-state index in [4.69, 9.17) is 13.7 Å². The van der Waals surface area contributed by atoms with Crippen LogP contribution in [-0.4, -0.2) is 69.0 Å². The third-order valence-electron chi connectivity index (χ3n) is 3.91. The molecule has 1 heterocycles.